The molecule has 3 atom stereocenters. The van der Waals surface area contributed by atoms with Crippen LogP contribution in [0.2, 0.25) is 0 Å². The molecule has 4 rings (SSSR count). The van der Waals surface area contributed by atoms with Crippen molar-refractivity contribution in [2.24, 2.45) is 0 Å². The number of nitrogens with one attached hydrogen (secondary N) is 2. The fourth-order valence-corrected chi connectivity index (χ4v) is 5.04. The number of likely N-dealkylation sites (N-methyl/N-ethyl adjacent to an activating group) is 1. The summed E-state index contributed by atoms with van der Waals surface area (Å²) in [6.45, 7) is 2.04. The Morgan fingerprint density at radius 2 is 1.80 bits per heavy atom. The van der Waals surface area contributed by atoms with E-state index in [4.69, 9.17) is 0 Å². The van der Waals surface area contributed by atoms with Gasteiger partial charge in [-0.1, -0.05) is 42.5 Å². The number of fused-ring (bicyclic) bond motifs is 1. The van der Waals surface area contributed by atoms with Crippen molar-refractivity contribution in [1.29, 1.82) is 0 Å². The second-order valence-electron chi connectivity index (χ2n) is 9.33. The molecule has 0 aliphatic carbocycles. The van der Waals surface area contributed by atoms with Crippen molar-refractivity contribution in [3.63, 3.8) is 0 Å². The zero-order valence-electron chi connectivity index (χ0n) is 19.7. The molecule has 0 unspecified atom stereocenters. The van der Waals surface area contributed by atoms with Crippen LogP contribution in [0.4, 0.5) is 13.2 Å². The molecule has 2 aromatic rings. The normalized spacial score (nSPS) is 23.4. The van der Waals surface area contributed by atoms with Crippen LogP contribution in [-0.2, 0) is 28.9 Å². The maximum atomic E-state index is 13.0. The first kappa shape index (κ1) is 25.2. The minimum Gasteiger partial charge on any atom is -0.353 e. The molecule has 2 heterocycles. The van der Waals surface area contributed by atoms with Crippen molar-refractivity contribution in [2.75, 3.05) is 20.1 Å². The molecule has 2 N–H and O–H groups in total. The smallest absolute Gasteiger partial charge is 0.353 e. The minimum absolute atomic E-state index is 0.00988. The van der Waals surface area contributed by atoms with Crippen molar-refractivity contribution in [3.05, 3.63) is 71.3 Å². The van der Waals surface area contributed by atoms with E-state index in [1.165, 1.54) is 12.1 Å². The Hall–Kier alpha value is -2.91. The van der Waals surface area contributed by atoms with Gasteiger partial charge in [0.15, 0.2) is 0 Å². The molecule has 0 saturated carbocycles. The molecular formula is C26H31F3N4O2. The standard InChI is InChI=1S/C26H31F3N4O2/c1-32-21(11-12-23(34)30-15-18-5-3-2-4-6-18)16-31-25(35)24-22(32)13-14-33(24)17-19-7-9-20(10-8-19)26(27,28)29/h2-10,21-22,24H,11-17H2,1H3,(H,30,34)(H,31,35)/t21-,22+,24-/m0/s1. The highest BCUT2D eigenvalue weighted by Crippen LogP contribution is 2.31. The molecule has 2 amide bonds. The Morgan fingerprint density at radius 1 is 1.09 bits per heavy atom. The third kappa shape index (κ3) is 6.21. The molecule has 0 spiro atoms. The average Bonchev–Trinajstić information content (AvgIpc) is 3.21. The maximum absolute atomic E-state index is 13.0. The van der Waals surface area contributed by atoms with E-state index >= 15 is 0 Å². The highest BCUT2D eigenvalue weighted by atomic mass is 19.4. The molecule has 2 fully saturated rings. The lowest BCUT2D eigenvalue weighted by molar-refractivity contribution is -0.137. The van der Waals surface area contributed by atoms with E-state index in [2.05, 4.69) is 15.5 Å². The summed E-state index contributed by atoms with van der Waals surface area (Å²) in [6.07, 6.45) is -2.59. The van der Waals surface area contributed by atoms with Crippen LogP contribution in [0.15, 0.2) is 54.6 Å². The summed E-state index contributed by atoms with van der Waals surface area (Å²) in [5.74, 6) is -0.0907. The zero-order chi connectivity index (χ0) is 25.0. The van der Waals surface area contributed by atoms with Gasteiger partial charge >= 0.3 is 6.18 Å². The van der Waals surface area contributed by atoms with Gasteiger partial charge in [-0.3, -0.25) is 19.4 Å². The van der Waals surface area contributed by atoms with Crippen LogP contribution in [0, 0.1) is 0 Å². The number of benzene rings is 2. The van der Waals surface area contributed by atoms with Gasteiger partial charge in [0.25, 0.3) is 0 Å². The van der Waals surface area contributed by atoms with Gasteiger partial charge in [0.1, 0.15) is 6.04 Å². The summed E-state index contributed by atoms with van der Waals surface area (Å²) in [7, 11) is 1.99. The number of carbonyl (C=O) groups is 2. The Balaban J connectivity index is 1.33. The van der Waals surface area contributed by atoms with Crippen LogP contribution in [0.1, 0.15) is 36.0 Å². The number of hydrogen-bond acceptors (Lipinski definition) is 4. The molecule has 9 heteroatoms. The third-order valence-corrected chi connectivity index (χ3v) is 7.05. The Kier molecular flexibility index (Phi) is 7.76. The summed E-state index contributed by atoms with van der Waals surface area (Å²) in [4.78, 5) is 29.6. The number of rotatable bonds is 7. The van der Waals surface area contributed by atoms with Crippen molar-refractivity contribution in [1.82, 2.24) is 20.4 Å². The summed E-state index contributed by atoms with van der Waals surface area (Å²) in [5.41, 5.74) is 1.11. The molecule has 0 radical (unpaired) electrons. The number of halogens is 3. The zero-order valence-corrected chi connectivity index (χ0v) is 19.7. The van der Waals surface area contributed by atoms with Crippen LogP contribution in [0.3, 0.4) is 0 Å². The fourth-order valence-electron chi connectivity index (χ4n) is 5.04. The van der Waals surface area contributed by atoms with E-state index in [1.54, 1.807) is 0 Å². The van der Waals surface area contributed by atoms with Gasteiger partial charge in [0.2, 0.25) is 11.8 Å². The number of alkyl halides is 3. The Bertz CT molecular complexity index is 1010. The largest absolute Gasteiger partial charge is 0.416 e. The summed E-state index contributed by atoms with van der Waals surface area (Å²) in [5, 5.41) is 5.97. The Labute approximate surface area is 203 Å². The first-order chi connectivity index (χ1) is 16.7. The first-order valence-electron chi connectivity index (χ1n) is 11.9. The number of carbonyl (C=O) groups excluding carboxylic acids is 2. The molecule has 2 aliphatic heterocycles. The highest BCUT2D eigenvalue weighted by molar-refractivity contribution is 5.83. The first-order valence-corrected chi connectivity index (χ1v) is 11.9. The van der Waals surface area contributed by atoms with Gasteiger partial charge in [-0.2, -0.15) is 13.2 Å². The van der Waals surface area contributed by atoms with Gasteiger partial charge in [-0.15, -0.1) is 0 Å². The van der Waals surface area contributed by atoms with Crippen molar-refractivity contribution < 1.29 is 22.8 Å². The van der Waals surface area contributed by atoms with E-state index in [-0.39, 0.29) is 29.9 Å². The number of nitrogens with zero attached hydrogens (tertiary/aromatic N) is 2. The summed E-state index contributed by atoms with van der Waals surface area (Å²) in [6, 6.07) is 14.5. The second kappa shape index (κ2) is 10.8. The lowest BCUT2D eigenvalue weighted by atomic mass is 10.0. The van der Waals surface area contributed by atoms with Crippen molar-refractivity contribution in [3.8, 4) is 0 Å². The Morgan fingerprint density at radius 3 is 2.49 bits per heavy atom. The van der Waals surface area contributed by atoms with Crippen LogP contribution in [0.5, 0.6) is 0 Å². The van der Waals surface area contributed by atoms with E-state index in [0.29, 0.717) is 39.0 Å². The monoisotopic (exact) mass is 488 g/mol. The minimum atomic E-state index is -4.37. The number of amides is 2. The van der Waals surface area contributed by atoms with Crippen LogP contribution in [-0.4, -0.2) is 59.9 Å². The predicted octanol–water partition coefficient (Wildman–Crippen LogP) is 3.18. The molecular weight excluding hydrogens is 457 g/mol. The molecule has 35 heavy (non-hydrogen) atoms. The molecule has 0 bridgehead atoms. The second-order valence-corrected chi connectivity index (χ2v) is 9.33. The summed E-state index contributed by atoms with van der Waals surface area (Å²) < 4.78 is 38.6. The fraction of sp³-hybridized carbons (Fsp3) is 0.462. The van der Waals surface area contributed by atoms with Crippen LogP contribution in [0.25, 0.3) is 0 Å². The lowest BCUT2D eigenvalue weighted by Crippen LogP contribution is -2.49. The number of likely N-dealkylation sites (tertiary alicyclic amines) is 1. The average molecular weight is 489 g/mol. The molecule has 2 aromatic carbocycles. The van der Waals surface area contributed by atoms with Gasteiger partial charge in [-0.25, -0.2) is 0 Å². The van der Waals surface area contributed by atoms with Crippen molar-refractivity contribution in [2.45, 2.75) is 56.7 Å². The van der Waals surface area contributed by atoms with Gasteiger partial charge in [0, 0.05) is 44.7 Å². The summed E-state index contributed by atoms with van der Waals surface area (Å²) >= 11 is 0. The molecule has 188 valence electrons. The van der Waals surface area contributed by atoms with E-state index in [1.807, 2.05) is 42.3 Å². The van der Waals surface area contributed by atoms with E-state index in [9.17, 15) is 22.8 Å². The van der Waals surface area contributed by atoms with Crippen LogP contribution >= 0.6 is 0 Å². The SMILES string of the molecule is CN1[C@@H](CCC(=O)NCc2ccccc2)CNC(=O)[C@@H]2[C@H]1CCN2Cc1ccc(C(F)(F)F)cc1. The van der Waals surface area contributed by atoms with E-state index < -0.39 is 11.7 Å². The topological polar surface area (TPSA) is 64.7 Å². The predicted molar refractivity (Wildman–Crippen MR) is 126 cm³/mol. The van der Waals surface area contributed by atoms with E-state index in [0.717, 1.165) is 29.7 Å². The van der Waals surface area contributed by atoms with Gasteiger partial charge < -0.3 is 10.6 Å². The molecule has 2 aliphatic rings. The highest BCUT2D eigenvalue weighted by Gasteiger charge is 2.45. The lowest BCUT2D eigenvalue weighted by Gasteiger charge is -2.33. The molecule has 6 nitrogen and oxygen atoms in total. The van der Waals surface area contributed by atoms with Crippen LogP contribution < -0.4 is 10.6 Å². The quantitative estimate of drug-likeness (QED) is 0.629. The third-order valence-electron chi connectivity index (χ3n) is 7.05. The maximum Gasteiger partial charge on any atom is 0.416 e. The molecule has 0 aromatic heterocycles. The molecule has 2 saturated heterocycles. The van der Waals surface area contributed by atoms with Gasteiger partial charge in [0.05, 0.1) is 5.56 Å². The number of hydrogen-bond donors (Lipinski definition) is 2. The van der Waals surface area contributed by atoms with Gasteiger partial charge in [-0.05, 0) is 43.1 Å². The van der Waals surface area contributed by atoms with Crippen molar-refractivity contribution >= 4 is 11.8 Å².